The van der Waals surface area contributed by atoms with E-state index in [4.69, 9.17) is 9.52 Å². The first-order chi connectivity index (χ1) is 9.79. The Morgan fingerprint density at radius 1 is 1.33 bits per heavy atom. The lowest BCUT2D eigenvalue weighted by Gasteiger charge is -2.22. The number of carboxylic acids is 2. The summed E-state index contributed by atoms with van der Waals surface area (Å²) in [7, 11) is 0. The van der Waals surface area contributed by atoms with Crippen LogP contribution >= 0.6 is 11.8 Å². The molecule has 1 aromatic carbocycles. The molecular weight excluding hydrogens is 294 g/mol. The molecule has 0 radical (unpaired) electrons. The highest BCUT2D eigenvalue weighted by atomic mass is 32.2. The quantitative estimate of drug-likeness (QED) is 0.791. The molecule has 0 saturated carbocycles. The Bertz CT molecular complexity index is 646. The number of benzene rings is 1. The van der Waals surface area contributed by atoms with E-state index in [1.807, 2.05) is 6.07 Å². The van der Waals surface area contributed by atoms with Gasteiger partial charge in [0.25, 0.3) is 5.22 Å². The first-order valence-corrected chi connectivity index (χ1v) is 7.16. The Morgan fingerprint density at radius 3 is 2.57 bits per heavy atom. The Balaban J connectivity index is 2.20. The average molecular weight is 309 g/mol. The number of hydrogen-bond acceptors (Lipinski definition) is 5. The van der Waals surface area contributed by atoms with Crippen LogP contribution in [0.1, 0.15) is 20.3 Å². The monoisotopic (exact) mass is 309 g/mol. The molecule has 0 amide bonds. The van der Waals surface area contributed by atoms with Gasteiger partial charge in [0.2, 0.25) is 0 Å². The molecule has 0 bridgehead atoms. The number of fused-ring (bicyclic) bond motifs is 1. The second kappa shape index (κ2) is 5.77. The molecule has 1 atom stereocenters. The van der Waals surface area contributed by atoms with E-state index in [2.05, 4.69) is 4.98 Å². The van der Waals surface area contributed by atoms with Crippen LogP contribution in [0.3, 0.4) is 0 Å². The Hall–Kier alpha value is -2.02. The molecule has 7 heteroatoms. The van der Waals surface area contributed by atoms with Crippen LogP contribution in [0.15, 0.2) is 33.9 Å². The SMILES string of the molecule is CC(C)(CC(Sc1nc2ccccc2o1)C(=O)O)C(=O)O. The summed E-state index contributed by atoms with van der Waals surface area (Å²) in [5, 5.41) is 17.7. The first-order valence-electron chi connectivity index (χ1n) is 6.28. The van der Waals surface area contributed by atoms with Gasteiger partial charge in [0.15, 0.2) is 5.58 Å². The molecule has 1 aromatic heterocycles. The molecule has 6 nitrogen and oxygen atoms in total. The molecule has 112 valence electrons. The minimum atomic E-state index is -1.14. The van der Waals surface area contributed by atoms with Crippen LogP contribution in [0, 0.1) is 5.41 Å². The van der Waals surface area contributed by atoms with Crippen molar-refractivity contribution in [2.75, 3.05) is 0 Å². The van der Waals surface area contributed by atoms with Gasteiger partial charge in [0.1, 0.15) is 10.8 Å². The van der Waals surface area contributed by atoms with Crippen molar-refractivity contribution < 1.29 is 24.2 Å². The molecule has 2 rings (SSSR count). The number of aliphatic carboxylic acids is 2. The second-order valence-electron chi connectivity index (χ2n) is 5.29. The summed E-state index contributed by atoms with van der Waals surface area (Å²) in [5.41, 5.74) is 0.0745. The van der Waals surface area contributed by atoms with Crippen molar-refractivity contribution in [2.45, 2.75) is 30.7 Å². The van der Waals surface area contributed by atoms with E-state index < -0.39 is 22.6 Å². The van der Waals surface area contributed by atoms with Crippen LogP contribution in [-0.4, -0.2) is 32.4 Å². The van der Waals surface area contributed by atoms with E-state index in [0.29, 0.717) is 11.1 Å². The van der Waals surface area contributed by atoms with Crippen molar-refractivity contribution in [3.63, 3.8) is 0 Å². The lowest BCUT2D eigenvalue weighted by atomic mass is 9.88. The van der Waals surface area contributed by atoms with Gasteiger partial charge in [0, 0.05) is 0 Å². The van der Waals surface area contributed by atoms with Crippen LogP contribution in [-0.2, 0) is 9.59 Å². The lowest BCUT2D eigenvalue weighted by molar-refractivity contribution is -0.148. The van der Waals surface area contributed by atoms with E-state index in [1.54, 1.807) is 18.2 Å². The van der Waals surface area contributed by atoms with Crippen molar-refractivity contribution in [2.24, 2.45) is 5.41 Å². The fourth-order valence-electron chi connectivity index (χ4n) is 1.75. The molecule has 2 N–H and O–H groups in total. The normalized spacial score (nSPS) is 13.2. The van der Waals surface area contributed by atoms with Crippen molar-refractivity contribution in [1.29, 1.82) is 0 Å². The van der Waals surface area contributed by atoms with Crippen LogP contribution in [0.25, 0.3) is 11.1 Å². The summed E-state index contributed by atoms with van der Waals surface area (Å²) < 4.78 is 5.46. The van der Waals surface area contributed by atoms with Gasteiger partial charge in [-0.2, -0.15) is 0 Å². The van der Waals surface area contributed by atoms with Gasteiger partial charge in [-0.15, -0.1) is 0 Å². The predicted molar refractivity (Wildman–Crippen MR) is 77.3 cm³/mol. The molecule has 0 aliphatic rings. The maximum Gasteiger partial charge on any atom is 0.317 e. The highest BCUT2D eigenvalue weighted by molar-refractivity contribution is 8.00. The van der Waals surface area contributed by atoms with Crippen LogP contribution in [0.5, 0.6) is 0 Å². The predicted octanol–water partition coefficient (Wildman–Crippen LogP) is 2.87. The van der Waals surface area contributed by atoms with Crippen LogP contribution in [0.2, 0.25) is 0 Å². The third kappa shape index (κ3) is 3.55. The van der Waals surface area contributed by atoms with Crippen molar-refractivity contribution in [3.8, 4) is 0 Å². The molecular formula is C14H15NO5S. The fourth-order valence-corrected chi connectivity index (χ4v) is 2.89. The maximum absolute atomic E-state index is 11.3. The Labute approximate surface area is 125 Å². The van der Waals surface area contributed by atoms with E-state index in [1.165, 1.54) is 13.8 Å². The Kier molecular flexibility index (Phi) is 4.22. The molecule has 0 fully saturated rings. The highest BCUT2D eigenvalue weighted by Crippen LogP contribution is 2.34. The van der Waals surface area contributed by atoms with Crippen molar-refractivity contribution >= 4 is 34.8 Å². The number of rotatable bonds is 6. The topological polar surface area (TPSA) is 101 Å². The van der Waals surface area contributed by atoms with E-state index >= 15 is 0 Å². The van der Waals surface area contributed by atoms with Gasteiger partial charge in [0.05, 0.1) is 5.41 Å². The zero-order chi connectivity index (χ0) is 15.6. The third-order valence-electron chi connectivity index (χ3n) is 3.07. The summed E-state index contributed by atoms with van der Waals surface area (Å²) in [6.07, 6.45) is -0.0267. The second-order valence-corrected chi connectivity index (χ2v) is 6.44. The largest absolute Gasteiger partial charge is 0.481 e. The highest BCUT2D eigenvalue weighted by Gasteiger charge is 2.35. The molecule has 1 unspecified atom stereocenters. The number of aromatic nitrogens is 1. The molecule has 0 spiro atoms. The summed E-state index contributed by atoms with van der Waals surface area (Å²) in [5.74, 6) is -2.12. The fraction of sp³-hybridized carbons (Fsp3) is 0.357. The zero-order valence-electron chi connectivity index (χ0n) is 11.6. The number of carbonyl (C=O) groups is 2. The number of oxazole rings is 1. The standard InChI is InChI=1S/C14H15NO5S/c1-14(2,12(18)19)7-10(11(16)17)21-13-15-8-5-3-4-6-9(8)20-13/h3-6,10H,7H2,1-2H3,(H,16,17)(H,18,19). The zero-order valence-corrected chi connectivity index (χ0v) is 12.4. The average Bonchev–Trinajstić information content (AvgIpc) is 2.79. The lowest BCUT2D eigenvalue weighted by Crippen LogP contribution is -2.31. The van der Waals surface area contributed by atoms with Crippen molar-refractivity contribution in [3.05, 3.63) is 24.3 Å². The summed E-state index contributed by atoms with van der Waals surface area (Å²) in [6.45, 7) is 3.00. The number of nitrogens with zero attached hydrogens (tertiary/aromatic N) is 1. The van der Waals surface area contributed by atoms with Gasteiger partial charge < -0.3 is 14.6 Å². The van der Waals surface area contributed by atoms with Gasteiger partial charge in [-0.25, -0.2) is 4.98 Å². The van der Waals surface area contributed by atoms with E-state index in [9.17, 15) is 14.7 Å². The van der Waals surface area contributed by atoms with Gasteiger partial charge >= 0.3 is 11.9 Å². The molecule has 21 heavy (non-hydrogen) atoms. The first kappa shape index (κ1) is 15.4. The van der Waals surface area contributed by atoms with Crippen molar-refractivity contribution in [1.82, 2.24) is 4.98 Å². The maximum atomic E-state index is 11.3. The summed E-state index contributed by atoms with van der Waals surface area (Å²) >= 11 is 0.926. The smallest absolute Gasteiger partial charge is 0.317 e. The number of hydrogen-bond donors (Lipinski definition) is 2. The van der Waals surface area contributed by atoms with Gasteiger partial charge in [-0.3, -0.25) is 9.59 Å². The minimum absolute atomic E-state index is 0.0267. The van der Waals surface area contributed by atoms with E-state index in [-0.39, 0.29) is 11.6 Å². The van der Waals surface area contributed by atoms with Gasteiger partial charge in [-0.1, -0.05) is 23.9 Å². The van der Waals surface area contributed by atoms with E-state index in [0.717, 1.165) is 11.8 Å². The summed E-state index contributed by atoms with van der Waals surface area (Å²) in [6, 6.07) is 7.11. The van der Waals surface area contributed by atoms with Gasteiger partial charge in [-0.05, 0) is 32.4 Å². The van der Waals surface area contributed by atoms with Crippen LogP contribution < -0.4 is 0 Å². The number of thioether (sulfide) groups is 1. The number of carboxylic acid groups (broad SMARTS) is 2. The van der Waals surface area contributed by atoms with Crippen LogP contribution in [0.4, 0.5) is 0 Å². The molecule has 0 aliphatic heterocycles. The third-order valence-corrected chi connectivity index (χ3v) is 4.10. The molecule has 1 heterocycles. The molecule has 2 aromatic rings. The molecule has 0 saturated heterocycles. The Morgan fingerprint density at radius 2 is 2.00 bits per heavy atom. The summed E-state index contributed by atoms with van der Waals surface area (Å²) in [4.78, 5) is 26.7. The molecule has 0 aliphatic carbocycles. The minimum Gasteiger partial charge on any atom is -0.481 e. The number of para-hydroxylation sites is 2.